The van der Waals surface area contributed by atoms with Gasteiger partial charge in [0, 0.05) is 29.0 Å². The van der Waals surface area contributed by atoms with Crippen molar-refractivity contribution in [1.82, 2.24) is 10.3 Å². The molecule has 0 aliphatic carbocycles. The molecule has 2 nitrogen and oxygen atoms in total. The smallest absolute Gasteiger partial charge is 0.135 e. The molecular weight excluding hydrogens is 266 g/mol. The summed E-state index contributed by atoms with van der Waals surface area (Å²) < 4.78 is 26.8. The van der Waals surface area contributed by atoms with Gasteiger partial charge in [0.2, 0.25) is 0 Å². The summed E-state index contributed by atoms with van der Waals surface area (Å²) in [6.07, 6.45) is 1.07. The summed E-state index contributed by atoms with van der Waals surface area (Å²) in [5.41, 5.74) is 1.02. The van der Waals surface area contributed by atoms with E-state index >= 15 is 0 Å². The summed E-state index contributed by atoms with van der Waals surface area (Å²) in [4.78, 5) is 5.55. The lowest BCUT2D eigenvalue weighted by atomic mass is 10.1. The normalized spacial score (nSPS) is 19.0. The second-order valence-corrected chi connectivity index (χ2v) is 6.01. The van der Waals surface area contributed by atoms with Gasteiger partial charge in [0.05, 0.1) is 10.7 Å². The average Bonchev–Trinajstić information content (AvgIpc) is 2.98. The van der Waals surface area contributed by atoms with E-state index < -0.39 is 11.6 Å². The van der Waals surface area contributed by atoms with Crippen molar-refractivity contribution >= 4 is 11.3 Å². The van der Waals surface area contributed by atoms with Crippen molar-refractivity contribution in [2.45, 2.75) is 19.3 Å². The zero-order valence-electron chi connectivity index (χ0n) is 10.5. The number of halogens is 2. The van der Waals surface area contributed by atoms with Gasteiger partial charge in [-0.15, -0.1) is 11.3 Å². The molecule has 1 atom stereocenters. The largest absolute Gasteiger partial charge is 0.316 e. The van der Waals surface area contributed by atoms with E-state index in [1.54, 1.807) is 11.3 Å². The van der Waals surface area contributed by atoms with Crippen molar-refractivity contribution in [2.75, 3.05) is 13.1 Å². The Morgan fingerprint density at radius 2 is 2.21 bits per heavy atom. The van der Waals surface area contributed by atoms with Crippen LogP contribution in [0, 0.1) is 18.6 Å². The quantitative estimate of drug-likeness (QED) is 0.911. The molecule has 1 fully saturated rings. The van der Waals surface area contributed by atoms with Crippen molar-refractivity contribution in [3.8, 4) is 11.3 Å². The van der Waals surface area contributed by atoms with E-state index in [2.05, 4.69) is 10.3 Å². The zero-order valence-corrected chi connectivity index (χ0v) is 11.4. The Hall–Kier alpha value is -1.33. The summed E-state index contributed by atoms with van der Waals surface area (Å²) in [5.74, 6) is -0.695. The first-order valence-electron chi connectivity index (χ1n) is 6.28. The Morgan fingerprint density at radius 1 is 1.37 bits per heavy atom. The van der Waals surface area contributed by atoms with Gasteiger partial charge in [-0.05, 0) is 32.0 Å². The lowest BCUT2D eigenvalue weighted by molar-refractivity contribution is 0.585. The van der Waals surface area contributed by atoms with Gasteiger partial charge < -0.3 is 5.32 Å². The molecule has 1 aliphatic heterocycles. The summed E-state index contributed by atoms with van der Waals surface area (Å²) in [5, 5.41) is 4.34. The van der Waals surface area contributed by atoms with Gasteiger partial charge in [-0.2, -0.15) is 0 Å². The third-order valence-corrected chi connectivity index (χ3v) is 4.54. The number of benzene rings is 1. The lowest BCUT2D eigenvalue weighted by Crippen LogP contribution is -2.07. The lowest BCUT2D eigenvalue weighted by Gasteiger charge is -2.03. The Balaban J connectivity index is 2.00. The van der Waals surface area contributed by atoms with Crippen LogP contribution in [0.3, 0.4) is 0 Å². The van der Waals surface area contributed by atoms with E-state index in [0.29, 0.717) is 17.2 Å². The van der Waals surface area contributed by atoms with Gasteiger partial charge in [0.15, 0.2) is 0 Å². The first kappa shape index (κ1) is 12.7. The molecule has 2 heterocycles. The number of hydrogen-bond donors (Lipinski definition) is 1. The highest BCUT2D eigenvalue weighted by atomic mass is 32.1. The maximum Gasteiger partial charge on any atom is 0.135 e. The summed E-state index contributed by atoms with van der Waals surface area (Å²) in [6, 6.07) is 3.64. The van der Waals surface area contributed by atoms with Crippen LogP contribution in [-0.2, 0) is 0 Å². The molecule has 5 heteroatoms. The maximum absolute atomic E-state index is 13.8. The number of aromatic nitrogens is 1. The van der Waals surface area contributed by atoms with Crippen LogP contribution in [0.4, 0.5) is 8.78 Å². The van der Waals surface area contributed by atoms with Crippen LogP contribution in [0.25, 0.3) is 11.3 Å². The molecule has 1 aromatic carbocycles. The minimum Gasteiger partial charge on any atom is -0.316 e. The molecule has 1 N–H and O–H groups in total. The molecule has 0 spiro atoms. The molecule has 1 aromatic heterocycles. The molecule has 3 rings (SSSR count). The Bertz CT molecular complexity index is 603. The topological polar surface area (TPSA) is 24.9 Å². The minimum absolute atomic E-state index is 0.382. The standard InChI is InChI=1S/C14H14F2N2S/c1-8-13(11-3-2-10(15)6-12(11)16)18-14(19-8)9-4-5-17-7-9/h2-3,6,9,17H,4-5,7H2,1H3. The Kier molecular flexibility index (Phi) is 3.33. The highest BCUT2D eigenvalue weighted by Crippen LogP contribution is 2.34. The van der Waals surface area contributed by atoms with Crippen molar-refractivity contribution in [2.24, 2.45) is 0 Å². The van der Waals surface area contributed by atoms with Crippen LogP contribution in [0.15, 0.2) is 18.2 Å². The predicted molar refractivity (Wildman–Crippen MR) is 72.4 cm³/mol. The highest BCUT2D eigenvalue weighted by Gasteiger charge is 2.22. The number of hydrogen-bond acceptors (Lipinski definition) is 3. The summed E-state index contributed by atoms with van der Waals surface area (Å²) >= 11 is 1.61. The molecule has 2 aromatic rings. The van der Waals surface area contributed by atoms with E-state index in [0.717, 1.165) is 35.5 Å². The predicted octanol–water partition coefficient (Wildman–Crippen LogP) is 3.47. The number of nitrogens with zero attached hydrogens (tertiary/aromatic N) is 1. The first-order valence-corrected chi connectivity index (χ1v) is 7.10. The van der Waals surface area contributed by atoms with Gasteiger partial charge in [0.25, 0.3) is 0 Å². The molecule has 1 unspecified atom stereocenters. The number of rotatable bonds is 2. The van der Waals surface area contributed by atoms with Gasteiger partial charge >= 0.3 is 0 Å². The molecule has 100 valence electrons. The van der Waals surface area contributed by atoms with Gasteiger partial charge in [-0.1, -0.05) is 0 Å². The fraction of sp³-hybridized carbons (Fsp3) is 0.357. The van der Waals surface area contributed by atoms with E-state index in [1.807, 2.05) is 6.92 Å². The van der Waals surface area contributed by atoms with Crippen molar-refractivity contribution < 1.29 is 8.78 Å². The molecule has 1 saturated heterocycles. The van der Waals surface area contributed by atoms with Crippen LogP contribution in [0.5, 0.6) is 0 Å². The van der Waals surface area contributed by atoms with Gasteiger partial charge in [-0.25, -0.2) is 13.8 Å². The van der Waals surface area contributed by atoms with E-state index in [-0.39, 0.29) is 0 Å². The molecule has 0 saturated carbocycles. The Morgan fingerprint density at radius 3 is 2.89 bits per heavy atom. The summed E-state index contributed by atoms with van der Waals surface area (Å²) in [7, 11) is 0. The molecule has 0 radical (unpaired) electrons. The van der Waals surface area contributed by atoms with Crippen LogP contribution < -0.4 is 5.32 Å². The molecule has 19 heavy (non-hydrogen) atoms. The third kappa shape index (κ3) is 2.40. The fourth-order valence-electron chi connectivity index (χ4n) is 2.39. The number of nitrogens with one attached hydrogen (secondary N) is 1. The van der Waals surface area contributed by atoms with Gasteiger partial charge in [-0.3, -0.25) is 0 Å². The van der Waals surface area contributed by atoms with Crippen molar-refractivity contribution in [3.05, 3.63) is 39.7 Å². The third-order valence-electron chi connectivity index (χ3n) is 3.41. The van der Waals surface area contributed by atoms with Crippen molar-refractivity contribution in [3.63, 3.8) is 0 Å². The number of aryl methyl sites for hydroxylation is 1. The Labute approximate surface area is 114 Å². The zero-order chi connectivity index (χ0) is 13.4. The maximum atomic E-state index is 13.8. The highest BCUT2D eigenvalue weighted by molar-refractivity contribution is 7.12. The van der Waals surface area contributed by atoms with Crippen LogP contribution in [-0.4, -0.2) is 18.1 Å². The van der Waals surface area contributed by atoms with Crippen LogP contribution in [0.2, 0.25) is 0 Å². The summed E-state index contributed by atoms with van der Waals surface area (Å²) in [6.45, 7) is 3.86. The molecule has 1 aliphatic rings. The van der Waals surface area contributed by atoms with E-state index in [1.165, 1.54) is 12.1 Å². The second-order valence-electron chi connectivity index (χ2n) is 4.77. The van der Waals surface area contributed by atoms with Crippen LogP contribution in [0.1, 0.15) is 22.2 Å². The molecule has 0 amide bonds. The number of thiazole rings is 1. The SMILES string of the molecule is Cc1sc(C2CCNC2)nc1-c1ccc(F)cc1F. The molecular formula is C14H14F2N2S. The monoisotopic (exact) mass is 280 g/mol. The second kappa shape index (κ2) is 4.98. The van der Waals surface area contributed by atoms with E-state index in [4.69, 9.17) is 0 Å². The minimum atomic E-state index is -0.561. The molecule has 0 bridgehead atoms. The fourth-order valence-corrected chi connectivity index (χ4v) is 3.46. The average molecular weight is 280 g/mol. The van der Waals surface area contributed by atoms with Gasteiger partial charge in [0.1, 0.15) is 11.6 Å². The van der Waals surface area contributed by atoms with Crippen LogP contribution >= 0.6 is 11.3 Å². The first-order chi connectivity index (χ1) is 9.15. The van der Waals surface area contributed by atoms with Crippen molar-refractivity contribution in [1.29, 1.82) is 0 Å². The van der Waals surface area contributed by atoms with E-state index in [9.17, 15) is 8.78 Å².